The lowest BCUT2D eigenvalue weighted by Gasteiger charge is -2.26. The highest BCUT2D eigenvalue weighted by atomic mass is 16.2. The number of hydrogen-bond donors (Lipinski definition) is 0. The second-order valence-corrected chi connectivity index (χ2v) is 4.01. The summed E-state index contributed by atoms with van der Waals surface area (Å²) in [5.74, 6) is 0.537. The van der Waals surface area contributed by atoms with E-state index in [9.17, 15) is 9.59 Å². The van der Waals surface area contributed by atoms with Crippen LogP contribution in [0.15, 0.2) is 0 Å². The molecule has 3 nitrogen and oxygen atoms in total. The number of amides is 1. The molecule has 2 rings (SSSR count). The number of Topliss-reactive ketones (excluding diaryl/α,β-unsaturated/α-hetero) is 1. The molecular weight excluding hydrogens is 166 g/mol. The molecule has 1 unspecified atom stereocenters. The molecule has 1 aliphatic carbocycles. The van der Waals surface area contributed by atoms with Crippen molar-refractivity contribution in [3.05, 3.63) is 0 Å². The topological polar surface area (TPSA) is 37.4 Å². The fourth-order valence-corrected chi connectivity index (χ4v) is 1.85. The van der Waals surface area contributed by atoms with Gasteiger partial charge in [-0.05, 0) is 19.3 Å². The van der Waals surface area contributed by atoms with Gasteiger partial charge in [-0.15, -0.1) is 0 Å². The van der Waals surface area contributed by atoms with E-state index in [1.165, 1.54) is 6.42 Å². The second-order valence-electron chi connectivity index (χ2n) is 4.01. The number of likely N-dealkylation sites (tertiary alicyclic amines) is 1. The molecular formula is C10H15NO2. The maximum Gasteiger partial charge on any atom is 0.223 e. The van der Waals surface area contributed by atoms with E-state index in [-0.39, 0.29) is 17.6 Å². The monoisotopic (exact) mass is 181 g/mol. The van der Waals surface area contributed by atoms with Crippen LogP contribution in [0.4, 0.5) is 0 Å². The molecule has 0 radical (unpaired) electrons. The van der Waals surface area contributed by atoms with Crippen molar-refractivity contribution in [2.75, 3.05) is 13.1 Å². The Bertz CT molecular complexity index is 231. The minimum atomic E-state index is 0.0782. The SMILES string of the molecule is O=C1CC1CC(=O)N1CCCCC1. The van der Waals surface area contributed by atoms with Crippen molar-refractivity contribution < 1.29 is 9.59 Å². The van der Waals surface area contributed by atoms with E-state index in [0.29, 0.717) is 12.8 Å². The first-order valence-electron chi connectivity index (χ1n) is 5.08. The van der Waals surface area contributed by atoms with Gasteiger partial charge in [-0.1, -0.05) is 0 Å². The number of carbonyl (C=O) groups is 2. The van der Waals surface area contributed by atoms with E-state index in [0.717, 1.165) is 25.9 Å². The third kappa shape index (κ3) is 2.08. The first kappa shape index (κ1) is 8.73. The molecule has 2 aliphatic rings. The maximum atomic E-state index is 11.6. The molecule has 2 fully saturated rings. The summed E-state index contributed by atoms with van der Waals surface area (Å²) in [7, 11) is 0. The Morgan fingerprint density at radius 1 is 1.31 bits per heavy atom. The quantitative estimate of drug-likeness (QED) is 0.636. The van der Waals surface area contributed by atoms with Crippen LogP contribution in [0.2, 0.25) is 0 Å². The average molecular weight is 181 g/mol. The lowest BCUT2D eigenvalue weighted by Crippen LogP contribution is -2.35. The fraction of sp³-hybridized carbons (Fsp3) is 0.800. The van der Waals surface area contributed by atoms with Crippen LogP contribution in [0.3, 0.4) is 0 Å². The van der Waals surface area contributed by atoms with Gasteiger partial charge < -0.3 is 4.90 Å². The van der Waals surface area contributed by atoms with Gasteiger partial charge in [0.2, 0.25) is 5.91 Å². The molecule has 0 bridgehead atoms. The molecule has 0 aromatic heterocycles. The number of piperidine rings is 1. The standard InChI is InChI=1S/C10H15NO2/c12-9-6-8(9)7-10(13)11-4-2-1-3-5-11/h8H,1-7H2. The van der Waals surface area contributed by atoms with Crippen LogP contribution in [0.25, 0.3) is 0 Å². The number of ketones is 1. The highest BCUT2D eigenvalue weighted by Gasteiger charge is 2.37. The van der Waals surface area contributed by atoms with Crippen LogP contribution in [0, 0.1) is 5.92 Å². The molecule has 1 saturated heterocycles. The number of rotatable bonds is 2. The van der Waals surface area contributed by atoms with Crippen LogP contribution in [0.5, 0.6) is 0 Å². The molecule has 1 heterocycles. The Balaban J connectivity index is 1.78. The van der Waals surface area contributed by atoms with Gasteiger partial charge in [0.1, 0.15) is 5.78 Å². The summed E-state index contributed by atoms with van der Waals surface area (Å²) >= 11 is 0. The van der Waals surface area contributed by atoms with Crippen molar-refractivity contribution in [3.8, 4) is 0 Å². The third-order valence-electron chi connectivity index (χ3n) is 2.87. The summed E-state index contributed by atoms with van der Waals surface area (Å²) in [6.45, 7) is 1.81. The first-order valence-corrected chi connectivity index (χ1v) is 5.08. The number of carbonyl (C=O) groups excluding carboxylic acids is 2. The lowest BCUT2D eigenvalue weighted by atomic mass is 10.1. The van der Waals surface area contributed by atoms with Gasteiger partial charge in [-0.3, -0.25) is 9.59 Å². The van der Waals surface area contributed by atoms with E-state index in [4.69, 9.17) is 0 Å². The van der Waals surface area contributed by atoms with Crippen LogP contribution < -0.4 is 0 Å². The van der Waals surface area contributed by atoms with E-state index < -0.39 is 0 Å². The molecule has 13 heavy (non-hydrogen) atoms. The van der Waals surface area contributed by atoms with Gasteiger partial charge in [-0.2, -0.15) is 0 Å². The first-order chi connectivity index (χ1) is 6.27. The summed E-state index contributed by atoms with van der Waals surface area (Å²) in [6, 6.07) is 0. The molecule has 0 aromatic carbocycles. The van der Waals surface area contributed by atoms with Crippen molar-refractivity contribution in [2.24, 2.45) is 5.92 Å². The third-order valence-corrected chi connectivity index (χ3v) is 2.87. The van der Waals surface area contributed by atoms with Crippen molar-refractivity contribution in [2.45, 2.75) is 32.1 Å². The van der Waals surface area contributed by atoms with Crippen molar-refractivity contribution in [1.29, 1.82) is 0 Å². The van der Waals surface area contributed by atoms with E-state index >= 15 is 0 Å². The smallest absolute Gasteiger partial charge is 0.223 e. The molecule has 0 aromatic rings. The zero-order valence-electron chi connectivity index (χ0n) is 7.79. The molecule has 1 atom stereocenters. The molecule has 0 N–H and O–H groups in total. The van der Waals surface area contributed by atoms with Crippen LogP contribution >= 0.6 is 0 Å². The highest BCUT2D eigenvalue weighted by molar-refractivity contribution is 5.99. The number of hydrogen-bond acceptors (Lipinski definition) is 2. The minimum Gasteiger partial charge on any atom is -0.343 e. The van der Waals surface area contributed by atoms with Crippen LogP contribution in [0.1, 0.15) is 32.1 Å². The van der Waals surface area contributed by atoms with Crippen molar-refractivity contribution in [1.82, 2.24) is 4.90 Å². The molecule has 72 valence electrons. The van der Waals surface area contributed by atoms with Gasteiger partial charge in [0.05, 0.1) is 0 Å². The zero-order chi connectivity index (χ0) is 9.26. The van der Waals surface area contributed by atoms with E-state index in [1.807, 2.05) is 4.90 Å². The van der Waals surface area contributed by atoms with Gasteiger partial charge >= 0.3 is 0 Å². The van der Waals surface area contributed by atoms with Crippen LogP contribution in [-0.2, 0) is 9.59 Å². The second kappa shape index (κ2) is 3.48. The van der Waals surface area contributed by atoms with Gasteiger partial charge in [-0.25, -0.2) is 0 Å². The predicted octanol–water partition coefficient (Wildman–Crippen LogP) is 0.978. The van der Waals surface area contributed by atoms with E-state index in [2.05, 4.69) is 0 Å². The van der Waals surface area contributed by atoms with Gasteiger partial charge in [0.25, 0.3) is 0 Å². The Kier molecular flexibility index (Phi) is 2.34. The Hall–Kier alpha value is -0.860. The minimum absolute atomic E-state index is 0.0782. The van der Waals surface area contributed by atoms with Crippen molar-refractivity contribution in [3.63, 3.8) is 0 Å². The summed E-state index contributed by atoms with van der Waals surface area (Å²) < 4.78 is 0. The predicted molar refractivity (Wildman–Crippen MR) is 48.2 cm³/mol. The normalized spacial score (nSPS) is 27.5. The molecule has 1 amide bonds. The zero-order valence-corrected chi connectivity index (χ0v) is 7.79. The van der Waals surface area contributed by atoms with Crippen molar-refractivity contribution >= 4 is 11.7 Å². The van der Waals surface area contributed by atoms with Crippen LogP contribution in [-0.4, -0.2) is 29.7 Å². The lowest BCUT2D eigenvalue weighted by molar-refractivity contribution is -0.133. The average Bonchev–Trinajstić information content (AvgIpc) is 2.83. The fourth-order valence-electron chi connectivity index (χ4n) is 1.85. The summed E-state index contributed by atoms with van der Waals surface area (Å²) in [5, 5.41) is 0. The molecule has 1 saturated carbocycles. The molecule has 3 heteroatoms. The largest absolute Gasteiger partial charge is 0.343 e. The summed E-state index contributed by atoms with van der Waals surface area (Å²) in [4.78, 5) is 24.2. The Morgan fingerprint density at radius 2 is 1.92 bits per heavy atom. The Morgan fingerprint density at radius 3 is 2.46 bits per heavy atom. The number of nitrogens with zero attached hydrogens (tertiary/aromatic N) is 1. The van der Waals surface area contributed by atoms with Gasteiger partial charge in [0.15, 0.2) is 0 Å². The highest BCUT2D eigenvalue weighted by Crippen LogP contribution is 2.28. The maximum absolute atomic E-state index is 11.6. The van der Waals surface area contributed by atoms with E-state index in [1.54, 1.807) is 0 Å². The molecule has 1 aliphatic heterocycles. The van der Waals surface area contributed by atoms with Gasteiger partial charge in [0, 0.05) is 31.8 Å². The molecule has 0 spiro atoms. The summed E-state index contributed by atoms with van der Waals surface area (Å²) in [5.41, 5.74) is 0. The Labute approximate surface area is 78.1 Å². The summed E-state index contributed by atoms with van der Waals surface area (Å²) in [6.07, 6.45) is 4.61.